The van der Waals surface area contributed by atoms with Gasteiger partial charge in [-0.3, -0.25) is 9.79 Å². The van der Waals surface area contributed by atoms with Crippen molar-refractivity contribution in [3.05, 3.63) is 65.5 Å². The first-order valence-electron chi connectivity index (χ1n) is 9.82. The number of allylic oxidation sites excluding steroid dienone is 2. The van der Waals surface area contributed by atoms with E-state index in [9.17, 15) is 4.79 Å². The van der Waals surface area contributed by atoms with E-state index >= 15 is 0 Å². The zero-order valence-electron chi connectivity index (χ0n) is 16.0. The van der Waals surface area contributed by atoms with Gasteiger partial charge in [0.2, 0.25) is 0 Å². The van der Waals surface area contributed by atoms with Gasteiger partial charge in [0.05, 0.1) is 0 Å². The minimum atomic E-state index is 0.354. The van der Waals surface area contributed by atoms with Crippen molar-refractivity contribution in [3.8, 4) is 0 Å². The van der Waals surface area contributed by atoms with Gasteiger partial charge < -0.3 is 5.32 Å². The second-order valence-corrected chi connectivity index (χ2v) is 7.81. The Balaban J connectivity index is 0.000000257. The summed E-state index contributed by atoms with van der Waals surface area (Å²) >= 11 is 0. The van der Waals surface area contributed by atoms with Gasteiger partial charge in [0.15, 0.2) is 5.78 Å². The molecule has 0 aromatic heterocycles. The molecule has 27 heavy (non-hydrogen) atoms. The Morgan fingerprint density at radius 1 is 1.04 bits per heavy atom. The Morgan fingerprint density at radius 3 is 2.59 bits per heavy atom. The fourth-order valence-corrected chi connectivity index (χ4v) is 4.47. The van der Waals surface area contributed by atoms with Crippen molar-refractivity contribution in [2.24, 2.45) is 16.8 Å². The number of nitrogens with one attached hydrogen (secondary N) is 1. The van der Waals surface area contributed by atoms with E-state index in [0.29, 0.717) is 24.0 Å². The normalized spacial score (nSPS) is 23.3. The van der Waals surface area contributed by atoms with Crippen LogP contribution in [0.25, 0.3) is 16.3 Å². The summed E-state index contributed by atoms with van der Waals surface area (Å²) in [5.74, 6) is 1.34. The highest BCUT2D eigenvalue weighted by atomic mass is 16.1. The summed E-state index contributed by atoms with van der Waals surface area (Å²) in [5, 5.41) is 5.56. The van der Waals surface area contributed by atoms with E-state index in [1.807, 2.05) is 12.4 Å². The molecule has 3 aliphatic rings. The topological polar surface area (TPSA) is 41.5 Å². The second kappa shape index (κ2) is 7.51. The molecule has 2 aromatic carbocycles. The highest BCUT2D eigenvalue weighted by molar-refractivity contribution is 6.24. The Hall–Kier alpha value is -2.68. The van der Waals surface area contributed by atoms with E-state index < -0.39 is 0 Å². The maximum absolute atomic E-state index is 12.6. The number of hydrogen-bond donors (Lipinski definition) is 1. The summed E-state index contributed by atoms with van der Waals surface area (Å²) in [6.45, 7) is 5.35. The average Bonchev–Trinajstić information content (AvgIpc) is 2.70. The molecule has 1 unspecified atom stereocenters. The zero-order valence-corrected chi connectivity index (χ0v) is 16.0. The molecule has 2 aromatic rings. The predicted octanol–water partition coefficient (Wildman–Crippen LogP) is 4.92. The Bertz CT molecular complexity index is 956. The zero-order chi connectivity index (χ0) is 18.8. The molecule has 1 aliphatic heterocycles. The molecular weight excluding hydrogens is 332 g/mol. The van der Waals surface area contributed by atoms with Crippen LogP contribution >= 0.6 is 0 Å². The number of carbonyl (C=O) groups is 1. The first kappa shape index (κ1) is 17.7. The third-order valence-corrected chi connectivity index (χ3v) is 5.71. The van der Waals surface area contributed by atoms with Crippen LogP contribution in [0.5, 0.6) is 0 Å². The van der Waals surface area contributed by atoms with Gasteiger partial charge in [-0.15, -0.1) is 0 Å². The average molecular weight is 358 g/mol. The minimum absolute atomic E-state index is 0.354. The minimum Gasteiger partial charge on any atom is -0.385 e. The van der Waals surface area contributed by atoms with Gasteiger partial charge in [-0.25, -0.2) is 0 Å². The molecule has 5 rings (SSSR count). The molecule has 0 fully saturated rings. The second-order valence-electron chi connectivity index (χ2n) is 7.81. The van der Waals surface area contributed by atoms with Crippen LogP contribution in [0, 0.1) is 11.8 Å². The molecule has 0 saturated carbocycles. The first-order chi connectivity index (χ1) is 13.1. The van der Waals surface area contributed by atoms with Gasteiger partial charge in [0.25, 0.3) is 0 Å². The van der Waals surface area contributed by atoms with Crippen LogP contribution in [0.3, 0.4) is 0 Å². The van der Waals surface area contributed by atoms with Gasteiger partial charge in [-0.1, -0.05) is 55.8 Å². The summed E-state index contributed by atoms with van der Waals surface area (Å²) in [6.07, 6.45) is 8.23. The maximum Gasteiger partial charge on any atom is 0.163 e. The number of fused-ring (bicyclic) bond motifs is 4. The van der Waals surface area contributed by atoms with Crippen LogP contribution in [-0.4, -0.2) is 18.5 Å². The molecule has 1 N–H and O–H groups in total. The lowest BCUT2D eigenvalue weighted by atomic mass is 9.70. The van der Waals surface area contributed by atoms with Crippen LogP contribution < -0.4 is 5.32 Å². The van der Waals surface area contributed by atoms with E-state index in [4.69, 9.17) is 0 Å². The van der Waals surface area contributed by atoms with Crippen LogP contribution in [0.4, 0.5) is 0 Å². The maximum atomic E-state index is 12.6. The number of aliphatic imine (C=N–C) groups is 1. The van der Waals surface area contributed by atoms with Gasteiger partial charge in [-0.2, -0.15) is 0 Å². The lowest BCUT2D eigenvalue weighted by molar-refractivity contribution is -0.114. The molecule has 2 aliphatic carbocycles. The highest BCUT2D eigenvalue weighted by Crippen LogP contribution is 2.44. The van der Waals surface area contributed by atoms with E-state index in [1.54, 1.807) is 6.20 Å². The fourth-order valence-electron chi connectivity index (χ4n) is 4.47. The van der Waals surface area contributed by atoms with Crippen molar-refractivity contribution in [1.29, 1.82) is 0 Å². The van der Waals surface area contributed by atoms with Crippen molar-refractivity contribution < 1.29 is 4.79 Å². The van der Waals surface area contributed by atoms with Crippen LogP contribution in [0.1, 0.15) is 37.8 Å². The smallest absolute Gasteiger partial charge is 0.163 e. The van der Waals surface area contributed by atoms with Crippen molar-refractivity contribution in [3.63, 3.8) is 0 Å². The quantitative estimate of drug-likeness (QED) is 0.726. The largest absolute Gasteiger partial charge is 0.385 e. The van der Waals surface area contributed by atoms with E-state index in [1.165, 1.54) is 27.5 Å². The molecule has 0 radical (unpaired) electrons. The summed E-state index contributed by atoms with van der Waals surface area (Å²) in [6, 6.07) is 12.9. The number of carbonyl (C=O) groups excluding carboxylic acids is 1. The third-order valence-electron chi connectivity index (χ3n) is 5.71. The van der Waals surface area contributed by atoms with Crippen LogP contribution in [0.15, 0.2) is 59.4 Å². The Morgan fingerprint density at radius 2 is 1.89 bits per heavy atom. The van der Waals surface area contributed by atoms with Gasteiger partial charge in [0.1, 0.15) is 0 Å². The SMILES string of the molecule is C1=CNCC=N1.CC1CC(=O)C2=C(C1)[C@@H](C)Cc1c2ccc2ccccc12. The Kier molecular flexibility index (Phi) is 4.93. The number of benzene rings is 2. The summed E-state index contributed by atoms with van der Waals surface area (Å²) in [5.41, 5.74) is 5.04. The van der Waals surface area contributed by atoms with E-state index in [-0.39, 0.29) is 0 Å². The molecule has 0 amide bonds. The predicted molar refractivity (Wildman–Crippen MR) is 113 cm³/mol. The standard InChI is InChI=1S/C20H20O.C4H6N2/c1-12-9-17-13(2)11-18-15-6-4-3-5-14(15)7-8-16(18)20(17)19(21)10-12;1-2-6-4-3-5-1/h3-8,12-13H,9-11H2,1-2H3;1-3,6H,4H2/t12?,13-;/m0./s1. The number of hydrogen-bond acceptors (Lipinski definition) is 3. The molecule has 1 heterocycles. The van der Waals surface area contributed by atoms with E-state index in [0.717, 1.165) is 25.0 Å². The molecule has 0 saturated heterocycles. The molecule has 3 heteroatoms. The Labute approximate surface area is 160 Å². The lowest BCUT2D eigenvalue weighted by Crippen LogP contribution is -2.25. The van der Waals surface area contributed by atoms with Crippen molar-refractivity contribution in [2.45, 2.75) is 33.1 Å². The number of Topliss-reactive ketones (excluding diaryl/α,β-unsaturated/α-hetero) is 1. The molecule has 138 valence electrons. The van der Waals surface area contributed by atoms with Crippen LogP contribution in [-0.2, 0) is 11.2 Å². The van der Waals surface area contributed by atoms with E-state index in [2.05, 4.69) is 60.6 Å². The van der Waals surface area contributed by atoms with Gasteiger partial charge in [0, 0.05) is 37.2 Å². The fraction of sp³-hybridized carbons (Fsp3) is 0.333. The highest BCUT2D eigenvalue weighted by Gasteiger charge is 2.33. The molecular formula is C24H26N2O. The third kappa shape index (κ3) is 3.46. The van der Waals surface area contributed by atoms with Crippen molar-refractivity contribution in [2.75, 3.05) is 6.54 Å². The van der Waals surface area contributed by atoms with Gasteiger partial charge in [-0.05, 0) is 46.6 Å². The number of nitrogens with zero attached hydrogens (tertiary/aromatic N) is 1. The van der Waals surface area contributed by atoms with Crippen molar-refractivity contribution in [1.82, 2.24) is 5.32 Å². The summed E-state index contributed by atoms with van der Waals surface area (Å²) < 4.78 is 0. The summed E-state index contributed by atoms with van der Waals surface area (Å²) in [4.78, 5) is 16.4. The van der Waals surface area contributed by atoms with Gasteiger partial charge >= 0.3 is 0 Å². The number of rotatable bonds is 0. The monoisotopic (exact) mass is 358 g/mol. The molecule has 0 spiro atoms. The number of ketones is 1. The summed E-state index contributed by atoms with van der Waals surface area (Å²) in [7, 11) is 0. The first-order valence-corrected chi connectivity index (χ1v) is 9.82. The molecule has 3 nitrogen and oxygen atoms in total. The van der Waals surface area contributed by atoms with Crippen molar-refractivity contribution >= 4 is 28.3 Å². The lowest BCUT2D eigenvalue weighted by Gasteiger charge is -2.34. The molecule has 2 atom stereocenters. The van der Waals surface area contributed by atoms with Crippen LogP contribution in [0.2, 0.25) is 0 Å². The molecule has 0 bridgehead atoms.